The van der Waals surface area contributed by atoms with Gasteiger partial charge in [0.1, 0.15) is 6.10 Å². The fraction of sp³-hybridized carbons (Fsp3) is 0.200. The molecule has 0 radical (unpaired) electrons. The quantitative estimate of drug-likeness (QED) is 0.746. The largest absolute Gasteiger partial charge is 0.385 e. The van der Waals surface area contributed by atoms with E-state index < -0.39 is 17.9 Å². The Labute approximate surface area is 132 Å². The van der Waals surface area contributed by atoms with Crippen molar-refractivity contribution in [3.05, 3.63) is 53.3 Å². The van der Waals surface area contributed by atoms with E-state index in [1.807, 2.05) is 0 Å². The summed E-state index contributed by atoms with van der Waals surface area (Å²) < 4.78 is 1.74. The second-order valence-electron chi connectivity index (χ2n) is 4.73. The van der Waals surface area contributed by atoms with Gasteiger partial charge in [0.05, 0.1) is 0 Å². The van der Waals surface area contributed by atoms with E-state index in [0.29, 0.717) is 16.4 Å². The van der Waals surface area contributed by atoms with Crippen molar-refractivity contribution in [2.75, 3.05) is 11.9 Å². The minimum absolute atomic E-state index is 0.0559. The van der Waals surface area contributed by atoms with Gasteiger partial charge < -0.3 is 20.3 Å². The van der Waals surface area contributed by atoms with E-state index in [2.05, 4.69) is 10.6 Å². The Balaban J connectivity index is 1.87. The van der Waals surface area contributed by atoms with Crippen molar-refractivity contribution < 1.29 is 14.7 Å². The molecule has 1 atom stereocenters. The number of halogens is 1. The number of hydrogen-bond donors (Lipinski definition) is 3. The molecule has 0 aliphatic carbocycles. The number of benzene rings is 1. The second-order valence-corrected chi connectivity index (χ2v) is 5.17. The zero-order valence-corrected chi connectivity index (χ0v) is 12.7. The molecule has 116 valence electrons. The standard InChI is InChI=1S/C15H16ClN3O3/c1-19-7-3-6-12(19)13(20)9-17-14(21)15(22)18-11-5-2-4-10(16)8-11/h2-8,13,20H,9H2,1H3,(H,17,21)(H,18,22). The molecule has 2 aromatic rings. The summed E-state index contributed by atoms with van der Waals surface area (Å²) in [5.74, 6) is -1.64. The van der Waals surface area contributed by atoms with Crippen LogP contribution < -0.4 is 10.6 Å². The van der Waals surface area contributed by atoms with Crippen molar-refractivity contribution in [2.45, 2.75) is 6.10 Å². The summed E-state index contributed by atoms with van der Waals surface area (Å²) in [4.78, 5) is 23.5. The lowest BCUT2D eigenvalue weighted by Crippen LogP contribution is -2.37. The van der Waals surface area contributed by atoms with Gasteiger partial charge in [-0.05, 0) is 30.3 Å². The molecule has 0 fully saturated rings. The molecule has 1 aromatic carbocycles. The Morgan fingerprint density at radius 2 is 2.05 bits per heavy atom. The Kier molecular flexibility index (Phi) is 5.19. The molecule has 0 aliphatic heterocycles. The number of anilines is 1. The lowest BCUT2D eigenvalue weighted by atomic mass is 10.2. The van der Waals surface area contributed by atoms with Gasteiger partial charge in [0.25, 0.3) is 0 Å². The first kappa shape index (κ1) is 16.1. The summed E-state index contributed by atoms with van der Waals surface area (Å²) in [6.45, 7) is -0.0559. The average molecular weight is 322 g/mol. The maximum atomic E-state index is 11.7. The third-order valence-corrected chi connectivity index (χ3v) is 3.31. The zero-order valence-electron chi connectivity index (χ0n) is 11.9. The van der Waals surface area contributed by atoms with Crippen LogP contribution in [-0.4, -0.2) is 28.0 Å². The number of aliphatic hydroxyl groups excluding tert-OH is 1. The van der Waals surface area contributed by atoms with Gasteiger partial charge >= 0.3 is 11.8 Å². The van der Waals surface area contributed by atoms with E-state index in [-0.39, 0.29) is 6.54 Å². The summed E-state index contributed by atoms with van der Waals surface area (Å²) >= 11 is 5.80. The maximum absolute atomic E-state index is 11.7. The number of nitrogens with one attached hydrogen (secondary N) is 2. The second kappa shape index (κ2) is 7.11. The van der Waals surface area contributed by atoms with Crippen LogP contribution in [0.3, 0.4) is 0 Å². The highest BCUT2D eigenvalue weighted by atomic mass is 35.5. The first-order valence-electron chi connectivity index (χ1n) is 6.61. The fourth-order valence-electron chi connectivity index (χ4n) is 1.95. The molecule has 0 bridgehead atoms. The lowest BCUT2D eigenvalue weighted by molar-refractivity contribution is -0.136. The topological polar surface area (TPSA) is 83.4 Å². The first-order valence-corrected chi connectivity index (χ1v) is 6.99. The molecule has 22 heavy (non-hydrogen) atoms. The zero-order chi connectivity index (χ0) is 16.1. The summed E-state index contributed by atoms with van der Waals surface area (Å²) in [7, 11) is 1.78. The molecular formula is C15H16ClN3O3. The predicted molar refractivity (Wildman–Crippen MR) is 83.5 cm³/mol. The highest BCUT2D eigenvalue weighted by Crippen LogP contribution is 2.15. The molecule has 7 heteroatoms. The van der Waals surface area contributed by atoms with E-state index in [1.54, 1.807) is 48.1 Å². The van der Waals surface area contributed by atoms with Gasteiger partial charge in [0, 0.05) is 36.2 Å². The van der Waals surface area contributed by atoms with Gasteiger partial charge in [-0.15, -0.1) is 0 Å². The summed E-state index contributed by atoms with van der Waals surface area (Å²) in [5, 5.41) is 15.2. The van der Waals surface area contributed by atoms with Crippen LogP contribution in [0.2, 0.25) is 5.02 Å². The highest BCUT2D eigenvalue weighted by molar-refractivity contribution is 6.39. The van der Waals surface area contributed by atoms with E-state index in [9.17, 15) is 14.7 Å². The number of hydrogen-bond acceptors (Lipinski definition) is 3. The fourth-order valence-corrected chi connectivity index (χ4v) is 2.14. The van der Waals surface area contributed by atoms with E-state index in [0.717, 1.165) is 0 Å². The van der Waals surface area contributed by atoms with Gasteiger partial charge in [0.2, 0.25) is 0 Å². The van der Waals surface area contributed by atoms with Crippen LogP contribution in [0, 0.1) is 0 Å². The number of carbonyl (C=O) groups is 2. The average Bonchev–Trinajstić information content (AvgIpc) is 2.90. The smallest absolute Gasteiger partial charge is 0.313 e. The minimum atomic E-state index is -0.886. The molecule has 0 aliphatic rings. The molecule has 2 rings (SSSR count). The monoisotopic (exact) mass is 321 g/mol. The number of aryl methyl sites for hydroxylation is 1. The van der Waals surface area contributed by atoms with Crippen molar-refractivity contribution in [3.63, 3.8) is 0 Å². The van der Waals surface area contributed by atoms with Gasteiger partial charge in [-0.3, -0.25) is 9.59 Å². The molecule has 0 saturated carbocycles. The molecule has 2 amide bonds. The van der Waals surface area contributed by atoms with Crippen LogP contribution in [0.1, 0.15) is 11.8 Å². The molecule has 0 spiro atoms. The molecule has 0 saturated heterocycles. The summed E-state index contributed by atoms with van der Waals surface area (Å²) in [5.41, 5.74) is 1.08. The van der Waals surface area contributed by atoms with Crippen molar-refractivity contribution >= 4 is 29.1 Å². The summed E-state index contributed by atoms with van der Waals surface area (Å²) in [6.07, 6.45) is 0.898. The Morgan fingerprint density at radius 1 is 1.27 bits per heavy atom. The Bertz CT molecular complexity index is 684. The molecular weight excluding hydrogens is 306 g/mol. The van der Waals surface area contributed by atoms with Crippen LogP contribution >= 0.6 is 11.6 Å². The van der Waals surface area contributed by atoms with Crippen LogP contribution in [0.15, 0.2) is 42.6 Å². The van der Waals surface area contributed by atoms with E-state index in [1.165, 1.54) is 6.07 Å². The van der Waals surface area contributed by atoms with Crippen molar-refractivity contribution in [3.8, 4) is 0 Å². The van der Waals surface area contributed by atoms with E-state index in [4.69, 9.17) is 11.6 Å². The lowest BCUT2D eigenvalue weighted by Gasteiger charge is -2.13. The third kappa shape index (κ3) is 4.09. The van der Waals surface area contributed by atoms with Gasteiger partial charge in [-0.25, -0.2) is 0 Å². The summed E-state index contributed by atoms with van der Waals surface area (Å²) in [6, 6.07) is 10.00. The molecule has 1 aromatic heterocycles. The number of rotatable bonds is 4. The third-order valence-electron chi connectivity index (χ3n) is 3.07. The normalized spacial score (nSPS) is 11.8. The van der Waals surface area contributed by atoms with E-state index >= 15 is 0 Å². The van der Waals surface area contributed by atoms with Crippen LogP contribution in [0.4, 0.5) is 5.69 Å². The van der Waals surface area contributed by atoms with Crippen LogP contribution in [0.25, 0.3) is 0 Å². The number of nitrogens with zero attached hydrogens (tertiary/aromatic N) is 1. The number of carbonyl (C=O) groups excluding carboxylic acids is 2. The Morgan fingerprint density at radius 3 is 2.68 bits per heavy atom. The first-order chi connectivity index (χ1) is 10.5. The maximum Gasteiger partial charge on any atom is 0.313 e. The molecule has 3 N–H and O–H groups in total. The van der Waals surface area contributed by atoms with Crippen LogP contribution in [0.5, 0.6) is 0 Å². The number of aromatic nitrogens is 1. The minimum Gasteiger partial charge on any atom is -0.385 e. The SMILES string of the molecule is Cn1cccc1C(O)CNC(=O)C(=O)Nc1cccc(Cl)c1. The van der Waals surface area contributed by atoms with Crippen LogP contribution in [-0.2, 0) is 16.6 Å². The molecule has 1 unspecified atom stereocenters. The highest BCUT2D eigenvalue weighted by Gasteiger charge is 2.17. The Hall–Kier alpha value is -2.31. The molecule has 6 nitrogen and oxygen atoms in total. The van der Waals surface area contributed by atoms with Crippen molar-refractivity contribution in [2.24, 2.45) is 7.05 Å². The van der Waals surface area contributed by atoms with Gasteiger partial charge in [-0.2, -0.15) is 0 Å². The van der Waals surface area contributed by atoms with Crippen molar-refractivity contribution in [1.29, 1.82) is 0 Å². The number of aliphatic hydroxyl groups is 1. The molecule has 1 heterocycles. The van der Waals surface area contributed by atoms with Gasteiger partial charge in [-0.1, -0.05) is 17.7 Å². The number of amides is 2. The van der Waals surface area contributed by atoms with Crippen molar-refractivity contribution in [1.82, 2.24) is 9.88 Å². The van der Waals surface area contributed by atoms with Gasteiger partial charge in [0.15, 0.2) is 0 Å². The predicted octanol–water partition coefficient (Wildman–Crippen LogP) is 1.47.